The molecule has 6 rings (SSSR count). The van der Waals surface area contributed by atoms with Gasteiger partial charge in [0.15, 0.2) is 23.3 Å². The van der Waals surface area contributed by atoms with Crippen molar-refractivity contribution < 1.29 is 77.4 Å². The maximum Gasteiger partial charge on any atom is 1.00 e. The Kier molecular flexibility index (Phi) is 10.3. The molecule has 19 nitrogen and oxygen atoms in total. The third-order valence-corrected chi connectivity index (χ3v) is 9.82. The summed E-state index contributed by atoms with van der Waals surface area (Å²) in [6, 6.07) is -1.45. The Morgan fingerprint density at radius 1 is 1.25 bits per heavy atom. The molecule has 2 aromatic heterocycles. The second-order valence-electron chi connectivity index (χ2n) is 10.7. The molecule has 0 radical (unpaired) electrons. The molecule has 2 aromatic rings. The molecule has 0 aromatic carbocycles. The van der Waals surface area contributed by atoms with Gasteiger partial charge >= 0.3 is 41.5 Å². The zero-order valence-electron chi connectivity index (χ0n) is 25.4. The minimum Gasteiger partial charge on any atom is -0.543 e. The molecule has 0 bridgehead atoms. The van der Waals surface area contributed by atoms with Gasteiger partial charge < -0.3 is 49.5 Å². The number of carbonyl (C=O) groups is 5. The van der Waals surface area contributed by atoms with Crippen LogP contribution in [0.2, 0.25) is 0 Å². The maximum atomic E-state index is 13.4. The van der Waals surface area contributed by atoms with Gasteiger partial charge in [0.1, 0.15) is 11.4 Å². The van der Waals surface area contributed by atoms with Crippen LogP contribution in [0.25, 0.3) is 0 Å². The number of aliphatic carboxylic acids is 1. The number of carbonyl (C=O) groups excluding carboxylic acids is 5. The number of β-lactam (4-membered cyclic amide) rings is 1. The van der Waals surface area contributed by atoms with Crippen molar-refractivity contribution in [2.45, 2.75) is 43.8 Å². The number of carboxylic acids is 1. The zero-order chi connectivity index (χ0) is 33.6. The van der Waals surface area contributed by atoms with Gasteiger partial charge in [0.05, 0.1) is 17.7 Å². The van der Waals surface area contributed by atoms with Crippen molar-refractivity contribution in [3.63, 3.8) is 0 Å². The average molecular weight is 713 g/mol. The van der Waals surface area contributed by atoms with Gasteiger partial charge in [-0.05, 0) is 31.4 Å². The van der Waals surface area contributed by atoms with E-state index in [0.29, 0.717) is 31.5 Å². The number of thioether (sulfide) groups is 1. The first-order chi connectivity index (χ1) is 22.5. The average Bonchev–Trinajstić information content (AvgIpc) is 3.83. The molecule has 0 spiro atoms. The van der Waals surface area contributed by atoms with Gasteiger partial charge in [-0.15, -0.1) is 11.8 Å². The van der Waals surface area contributed by atoms with Crippen molar-refractivity contribution in [1.29, 1.82) is 0 Å². The molecule has 3 fully saturated rings. The molecule has 22 heteroatoms. The number of aryl methyl sites for hydroxylation is 1. The van der Waals surface area contributed by atoms with E-state index in [1.165, 1.54) is 29.7 Å². The standard InChI is InChI=1S/C26H26N8O11S2.Na/c1-10-14(45-26(41)44-10)8-43-25(40)32-4-3-13(7-32)33-5-2-11(20(33)36)6-12-9-46-22-16(21(37)34(22)17(12)23(38)39)28-19(35)15(30-42)18-29-24(27)47-31-18;/h6,13,16,22,42H,2-5,7-9H2,1H3,(H,28,35)(H,38,39)(H2,27,29,31);/q;+1/p-1/b11-6+,30-15+;. The summed E-state index contributed by atoms with van der Waals surface area (Å²) in [5.74, 6) is -4.41. The number of hydrogen-bond donors (Lipinski definition) is 3. The summed E-state index contributed by atoms with van der Waals surface area (Å²) >= 11 is 1.94. The second kappa shape index (κ2) is 14.1. The van der Waals surface area contributed by atoms with Crippen LogP contribution in [-0.2, 0) is 30.5 Å². The third-order valence-electron chi connectivity index (χ3n) is 7.98. The van der Waals surface area contributed by atoms with Crippen molar-refractivity contribution in [1.82, 2.24) is 29.4 Å². The summed E-state index contributed by atoms with van der Waals surface area (Å²) in [6.07, 6.45) is 1.60. The Morgan fingerprint density at radius 2 is 2.02 bits per heavy atom. The minimum atomic E-state index is -1.63. The molecule has 3 atom stereocenters. The number of ether oxygens (including phenoxy) is 1. The molecule has 4 aliphatic heterocycles. The molecule has 3 saturated heterocycles. The van der Waals surface area contributed by atoms with E-state index in [2.05, 4.69) is 19.8 Å². The number of nitrogens with one attached hydrogen (secondary N) is 1. The predicted molar refractivity (Wildman–Crippen MR) is 156 cm³/mol. The summed E-state index contributed by atoms with van der Waals surface area (Å²) in [5, 5.41) is 26.1. The van der Waals surface area contributed by atoms with Crippen LogP contribution in [-0.4, -0.2) is 108 Å². The summed E-state index contributed by atoms with van der Waals surface area (Å²) in [7, 11) is 0. The molecule has 0 saturated carbocycles. The molecule has 4 amide bonds. The number of oxime groups is 1. The van der Waals surface area contributed by atoms with Crippen molar-refractivity contribution in [3.8, 4) is 0 Å². The third kappa shape index (κ3) is 6.59. The number of fused-ring (bicyclic) bond motifs is 1. The van der Waals surface area contributed by atoms with Crippen LogP contribution in [0.1, 0.15) is 30.2 Å². The van der Waals surface area contributed by atoms with E-state index in [1.54, 1.807) is 4.90 Å². The molecule has 4 aliphatic rings. The molecule has 4 N–H and O–H groups in total. The number of carboxylic acid groups (broad SMARTS) is 1. The topological polar surface area (TPSA) is 267 Å². The van der Waals surface area contributed by atoms with E-state index in [-0.39, 0.29) is 88.5 Å². The van der Waals surface area contributed by atoms with Crippen molar-refractivity contribution in [2.24, 2.45) is 5.16 Å². The van der Waals surface area contributed by atoms with Gasteiger partial charge in [-0.2, -0.15) is 9.36 Å². The number of nitrogens with two attached hydrogens (primary N) is 1. The number of allylic oxidation sites excluding steroid dienone is 1. The van der Waals surface area contributed by atoms with Gasteiger partial charge in [0.2, 0.25) is 17.4 Å². The number of amides is 4. The van der Waals surface area contributed by atoms with Crippen molar-refractivity contribution in [3.05, 3.63) is 50.9 Å². The van der Waals surface area contributed by atoms with Crippen LogP contribution in [0.5, 0.6) is 0 Å². The summed E-state index contributed by atoms with van der Waals surface area (Å²) in [6.45, 7) is 2.09. The Morgan fingerprint density at radius 3 is 2.67 bits per heavy atom. The fourth-order valence-corrected chi connectivity index (χ4v) is 7.43. The SMILES string of the molecule is Cc1oc(=O)oc1COC(=O)N1CCC(N2CC/C(=C\C3=C(C(=O)[O-])N4C(=O)C(NC(=O)/C(=N/O)c5nsc(N)n5)C4SC3)C2=O)C1.[Na+]. The fourth-order valence-electron chi connectivity index (χ4n) is 5.69. The van der Waals surface area contributed by atoms with Gasteiger partial charge in [-0.3, -0.25) is 19.3 Å². The monoisotopic (exact) mass is 712 g/mol. The molecule has 0 aliphatic carbocycles. The number of hydrogen-bond acceptors (Lipinski definition) is 17. The first-order valence-electron chi connectivity index (χ1n) is 14.0. The van der Waals surface area contributed by atoms with Crippen LogP contribution in [0, 0.1) is 6.92 Å². The minimum absolute atomic E-state index is 0. The second-order valence-corrected chi connectivity index (χ2v) is 12.6. The molecular formula is C26H25N8NaO11S2. The number of likely N-dealkylation sites (tertiary alicyclic amines) is 2. The van der Waals surface area contributed by atoms with E-state index in [1.807, 2.05) is 0 Å². The number of rotatable bonds is 8. The number of nitrogens with zero attached hydrogens (tertiary/aromatic N) is 6. The summed E-state index contributed by atoms with van der Waals surface area (Å²) < 4.78 is 18.6. The van der Waals surface area contributed by atoms with Gasteiger partial charge in [-0.25, -0.2) is 9.59 Å². The smallest absolute Gasteiger partial charge is 0.543 e. The van der Waals surface area contributed by atoms with Gasteiger partial charge in [-0.1, -0.05) is 5.16 Å². The summed E-state index contributed by atoms with van der Waals surface area (Å²) in [4.78, 5) is 83.0. The van der Waals surface area contributed by atoms with Gasteiger partial charge in [0, 0.05) is 42.5 Å². The largest absolute Gasteiger partial charge is 1.00 e. The summed E-state index contributed by atoms with van der Waals surface area (Å²) in [5.41, 5.74) is 5.07. The Bertz CT molecular complexity index is 1830. The quantitative estimate of drug-likeness (QED) is 0.0578. The van der Waals surface area contributed by atoms with Crippen LogP contribution in [0.15, 0.2) is 41.7 Å². The van der Waals surface area contributed by atoms with Crippen LogP contribution >= 0.6 is 23.3 Å². The predicted octanol–water partition coefficient (Wildman–Crippen LogP) is -4.87. The zero-order valence-corrected chi connectivity index (χ0v) is 29.0. The van der Waals surface area contributed by atoms with Crippen LogP contribution < -0.4 is 51.5 Å². The van der Waals surface area contributed by atoms with E-state index >= 15 is 0 Å². The molecule has 48 heavy (non-hydrogen) atoms. The van der Waals surface area contributed by atoms with Crippen LogP contribution in [0.4, 0.5) is 9.93 Å². The van der Waals surface area contributed by atoms with E-state index in [0.717, 1.165) is 16.4 Å². The van der Waals surface area contributed by atoms with E-state index in [4.69, 9.17) is 19.3 Å². The first-order valence-corrected chi connectivity index (χ1v) is 15.8. The van der Waals surface area contributed by atoms with Crippen molar-refractivity contribution >= 4 is 63.9 Å². The maximum absolute atomic E-state index is 13.4. The first kappa shape index (κ1) is 35.1. The fraction of sp³-hybridized carbons (Fsp3) is 0.423. The number of aromatic nitrogens is 2. The number of anilines is 1. The Labute approximate surface area is 300 Å². The van der Waals surface area contributed by atoms with Crippen molar-refractivity contribution in [2.75, 3.05) is 31.1 Å². The van der Waals surface area contributed by atoms with E-state index in [9.17, 15) is 39.1 Å². The number of nitrogen functional groups attached to an aromatic ring is 1. The Hall–Kier alpha value is -4.18. The van der Waals surface area contributed by atoms with Gasteiger partial charge in [0.25, 0.3) is 11.8 Å². The van der Waals surface area contributed by atoms with E-state index < -0.39 is 52.5 Å². The van der Waals surface area contributed by atoms with Crippen LogP contribution in [0.3, 0.4) is 0 Å². The normalized spacial score (nSPS) is 23.3. The molecule has 3 unspecified atom stereocenters. The molecule has 248 valence electrons. The molecule has 6 heterocycles. The molecular weight excluding hydrogens is 687 g/mol. The Balaban J connectivity index is 0.00000451.